The van der Waals surface area contributed by atoms with Crippen molar-refractivity contribution in [3.8, 4) is 0 Å². The number of likely N-dealkylation sites (N-methyl/N-ethyl adjacent to an activating group) is 1. The molecule has 2 heterocycles. The number of halogens is 3. The number of likely N-dealkylation sites (tertiary alicyclic amines) is 1. The molecule has 0 aliphatic carbocycles. The third-order valence-electron chi connectivity index (χ3n) is 7.08. The van der Waals surface area contributed by atoms with Crippen LogP contribution in [-0.2, 0) is 19.7 Å². The maximum absolute atomic E-state index is 15.8. The minimum absolute atomic E-state index is 0.0674. The molecule has 0 bridgehead atoms. The molecule has 36 heavy (non-hydrogen) atoms. The van der Waals surface area contributed by atoms with Gasteiger partial charge in [0.25, 0.3) is 0 Å². The molecule has 1 amide bonds. The van der Waals surface area contributed by atoms with Crippen molar-refractivity contribution in [2.24, 2.45) is 5.41 Å². The van der Waals surface area contributed by atoms with Crippen LogP contribution in [0, 0.1) is 11.2 Å². The van der Waals surface area contributed by atoms with Crippen molar-refractivity contribution in [2.45, 2.75) is 77.0 Å². The number of nitrogens with one attached hydrogen (secondary N) is 1. The summed E-state index contributed by atoms with van der Waals surface area (Å²) in [7, 11) is 1.82. The monoisotopic (exact) mass is 534 g/mol. The van der Waals surface area contributed by atoms with Gasteiger partial charge in [-0.25, -0.2) is 4.39 Å². The minimum Gasteiger partial charge on any atom is -0.459 e. The van der Waals surface area contributed by atoms with Gasteiger partial charge in [0.2, 0.25) is 5.91 Å². The van der Waals surface area contributed by atoms with E-state index in [0.29, 0.717) is 22.7 Å². The van der Waals surface area contributed by atoms with Gasteiger partial charge in [0, 0.05) is 22.7 Å². The average Bonchev–Trinajstić information content (AvgIpc) is 3.14. The number of hydrogen-bond donors (Lipinski definition) is 1. The molecular formula is C28H33Cl2FN2O3. The lowest BCUT2D eigenvalue weighted by molar-refractivity contribution is -0.160. The molecule has 1 fully saturated rings. The number of anilines is 1. The van der Waals surface area contributed by atoms with Crippen LogP contribution in [0.25, 0.3) is 0 Å². The van der Waals surface area contributed by atoms with Crippen LogP contribution >= 0.6 is 23.2 Å². The van der Waals surface area contributed by atoms with E-state index in [9.17, 15) is 9.59 Å². The van der Waals surface area contributed by atoms with Crippen molar-refractivity contribution in [1.29, 1.82) is 0 Å². The number of ether oxygens (including phenoxy) is 1. The Hall–Kier alpha value is -2.15. The number of carbonyl (C=O) groups excluding carboxylic acids is 2. The number of fused-ring (bicyclic) bond motifs is 2. The van der Waals surface area contributed by atoms with Gasteiger partial charge in [-0.1, -0.05) is 62.2 Å². The van der Waals surface area contributed by atoms with Crippen molar-refractivity contribution >= 4 is 40.8 Å². The second-order valence-electron chi connectivity index (χ2n) is 12.1. The number of carbonyl (C=O) groups is 2. The number of rotatable bonds is 3. The van der Waals surface area contributed by atoms with Gasteiger partial charge < -0.3 is 10.1 Å². The fourth-order valence-corrected chi connectivity index (χ4v) is 6.25. The summed E-state index contributed by atoms with van der Waals surface area (Å²) in [5.74, 6) is -2.35. The number of esters is 1. The Morgan fingerprint density at radius 2 is 1.81 bits per heavy atom. The SMILES string of the molecule is CN1[C@@H](C(=O)OC(C)(C)C)[C@H](c2cccc(Cl)c2F)[C@@]2(C(=O)Nc3cc(Cl)ccc32)[C@H]1CC(C)(C)C. The van der Waals surface area contributed by atoms with Crippen LogP contribution in [0.1, 0.15) is 65.0 Å². The molecule has 1 spiro atoms. The van der Waals surface area contributed by atoms with Crippen LogP contribution in [0.3, 0.4) is 0 Å². The topological polar surface area (TPSA) is 58.6 Å². The maximum atomic E-state index is 15.8. The lowest BCUT2D eigenvalue weighted by Gasteiger charge is -2.39. The molecule has 0 unspecified atom stereocenters. The molecule has 2 aromatic rings. The zero-order chi connectivity index (χ0) is 26.8. The van der Waals surface area contributed by atoms with Crippen molar-refractivity contribution in [3.05, 3.63) is 63.4 Å². The minimum atomic E-state index is -1.28. The molecule has 4 rings (SSSR count). The number of amides is 1. The molecule has 5 nitrogen and oxygen atoms in total. The first kappa shape index (κ1) is 26.9. The standard InChI is InChI=1S/C28H33Cl2FN2O3/c1-26(2,3)14-20-28(17-12-11-15(29)13-19(17)32-25(28)35)21(16-9-8-10-18(30)22(16)31)23(33(20)7)24(34)36-27(4,5)6/h8-13,20-21,23H,14H2,1-7H3,(H,32,35)/t20-,21+,23-,28+/m1/s1. The van der Waals surface area contributed by atoms with E-state index in [1.807, 2.05) is 18.0 Å². The highest BCUT2D eigenvalue weighted by Gasteiger charge is 2.69. The van der Waals surface area contributed by atoms with E-state index >= 15 is 4.39 Å². The van der Waals surface area contributed by atoms with Gasteiger partial charge in [-0.15, -0.1) is 0 Å². The quantitative estimate of drug-likeness (QED) is 0.452. The third kappa shape index (κ3) is 4.42. The fourth-order valence-electron chi connectivity index (χ4n) is 5.90. The van der Waals surface area contributed by atoms with Gasteiger partial charge in [-0.2, -0.15) is 0 Å². The number of hydrogen-bond acceptors (Lipinski definition) is 4. The smallest absolute Gasteiger partial charge is 0.324 e. The second kappa shape index (κ2) is 9.00. The summed E-state index contributed by atoms with van der Waals surface area (Å²) in [5.41, 5.74) is -0.796. The summed E-state index contributed by atoms with van der Waals surface area (Å²) < 4.78 is 21.6. The Balaban J connectivity index is 2.07. The number of nitrogens with zero attached hydrogens (tertiary/aromatic N) is 1. The van der Waals surface area contributed by atoms with E-state index in [4.69, 9.17) is 27.9 Å². The fraction of sp³-hybridized carbons (Fsp3) is 0.500. The molecule has 0 aromatic heterocycles. The van der Waals surface area contributed by atoms with Gasteiger partial charge in [-0.05, 0) is 69.0 Å². The Labute approximate surface area is 222 Å². The van der Waals surface area contributed by atoms with Crippen molar-refractivity contribution < 1.29 is 18.7 Å². The average molecular weight is 535 g/mol. The van der Waals surface area contributed by atoms with Crippen LogP contribution in [-0.4, -0.2) is 41.5 Å². The first-order valence-electron chi connectivity index (χ1n) is 12.1. The van der Waals surface area contributed by atoms with Crippen LogP contribution in [0.2, 0.25) is 10.0 Å². The number of benzene rings is 2. The Morgan fingerprint density at radius 1 is 1.14 bits per heavy atom. The lowest BCUT2D eigenvalue weighted by Crippen LogP contribution is -2.50. The Kier molecular flexibility index (Phi) is 6.72. The Bertz CT molecular complexity index is 1220. The summed E-state index contributed by atoms with van der Waals surface area (Å²) in [4.78, 5) is 29.9. The van der Waals surface area contributed by atoms with Gasteiger partial charge in [0.15, 0.2) is 0 Å². The van der Waals surface area contributed by atoms with Crippen molar-refractivity contribution in [1.82, 2.24) is 4.90 Å². The first-order valence-corrected chi connectivity index (χ1v) is 12.8. The summed E-state index contributed by atoms with van der Waals surface area (Å²) in [6, 6.07) is 8.58. The van der Waals surface area contributed by atoms with Crippen LogP contribution in [0.5, 0.6) is 0 Å². The predicted molar refractivity (Wildman–Crippen MR) is 141 cm³/mol. The van der Waals surface area contributed by atoms with Crippen LogP contribution in [0.4, 0.5) is 10.1 Å². The van der Waals surface area contributed by atoms with E-state index in [1.165, 1.54) is 6.07 Å². The van der Waals surface area contributed by atoms with Crippen LogP contribution in [0.15, 0.2) is 36.4 Å². The third-order valence-corrected chi connectivity index (χ3v) is 7.61. The molecule has 1 N–H and O–H groups in total. The summed E-state index contributed by atoms with van der Waals surface area (Å²) in [6.45, 7) is 11.6. The molecule has 2 aliphatic heterocycles. The molecule has 194 valence electrons. The van der Waals surface area contributed by atoms with Crippen molar-refractivity contribution in [3.63, 3.8) is 0 Å². The molecule has 2 aliphatic rings. The summed E-state index contributed by atoms with van der Waals surface area (Å²) in [6.07, 6.45) is 0.566. The molecule has 2 aromatic carbocycles. The highest BCUT2D eigenvalue weighted by Crippen LogP contribution is 2.60. The predicted octanol–water partition coefficient (Wildman–Crippen LogP) is 6.57. The molecule has 0 saturated carbocycles. The van der Waals surface area contributed by atoms with Crippen molar-refractivity contribution in [2.75, 3.05) is 12.4 Å². The zero-order valence-corrected chi connectivity index (χ0v) is 23.2. The molecule has 4 atom stereocenters. The van der Waals surface area contributed by atoms with E-state index in [-0.39, 0.29) is 21.9 Å². The van der Waals surface area contributed by atoms with E-state index in [2.05, 4.69) is 26.1 Å². The van der Waals surface area contributed by atoms with Gasteiger partial charge in [-0.3, -0.25) is 14.5 Å². The van der Waals surface area contributed by atoms with E-state index in [1.54, 1.807) is 45.0 Å². The normalized spacial score (nSPS) is 26.3. The molecular weight excluding hydrogens is 502 g/mol. The highest BCUT2D eigenvalue weighted by atomic mass is 35.5. The Morgan fingerprint density at radius 3 is 2.42 bits per heavy atom. The molecule has 8 heteroatoms. The maximum Gasteiger partial charge on any atom is 0.324 e. The van der Waals surface area contributed by atoms with Gasteiger partial charge in [0.05, 0.1) is 5.02 Å². The van der Waals surface area contributed by atoms with E-state index in [0.717, 1.165) is 0 Å². The van der Waals surface area contributed by atoms with Crippen LogP contribution < -0.4 is 5.32 Å². The summed E-state index contributed by atoms with van der Waals surface area (Å²) in [5, 5.41) is 3.40. The van der Waals surface area contributed by atoms with Gasteiger partial charge >= 0.3 is 5.97 Å². The second-order valence-corrected chi connectivity index (χ2v) is 12.9. The largest absolute Gasteiger partial charge is 0.459 e. The molecule has 0 radical (unpaired) electrons. The van der Waals surface area contributed by atoms with E-state index < -0.39 is 40.8 Å². The summed E-state index contributed by atoms with van der Waals surface area (Å²) >= 11 is 12.5. The van der Waals surface area contributed by atoms with Gasteiger partial charge in [0.1, 0.15) is 22.9 Å². The first-order chi connectivity index (χ1) is 16.6. The zero-order valence-electron chi connectivity index (χ0n) is 21.7. The molecule has 1 saturated heterocycles. The lowest BCUT2D eigenvalue weighted by atomic mass is 9.62. The highest BCUT2D eigenvalue weighted by molar-refractivity contribution is 6.31.